The molecule has 9 heteroatoms. The van der Waals surface area contributed by atoms with E-state index < -0.39 is 17.8 Å². The number of aromatic nitrogens is 2. The highest BCUT2D eigenvalue weighted by Gasteiger charge is 2.36. The highest BCUT2D eigenvalue weighted by Crippen LogP contribution is 2.33. The number of anilines is 2. The molecule has 1 aromatic heterocycles. The van der Waals surface area contributed by atoms with Crippen molar-refractivity contribution in [1.82, 2.24) is 9.36 Å². The summed E-state index contributed by atoms with van der Waals surface area (Å²) in [7, 11) is 0. The fourth-order valence-electron chi connectivity index (χ4n) is 1.67. The number of hydrogen-bond donors (Lipinski definition) is 1. The third kappa shape index (κ3) is 3.88. The van der Waals surface area contributed by atoms with E-state index in [-0.39, 0.29) is 5.13 Å². The van der Waals surface area contributed by atoms with Gasteiger partial charge in [0.1, 0.15) is 5.82 Å². The molecule has 0 aliphatic rings. The van der Waals surface area contributed by atoms with Crippen molar-refractivity contribution in [2.75, 3.05) is 18.0 Å². The Labute approximate surface area is 122 Å². The van der Waals surface area contributed by atoms with Gasteiger partial charge in [0, 0.05) is 23.8 Å². The summed E-state index contributed by atoms with van der Waals surface area (Å²) in [6.07, 6.45) is -4.08. The van der Waals surface area contributed by atoms with E-state index in [0.717, 1.165) is 0 Å². The monoisotopic (exact) mass is 320 g/mol. The second-order valence-corrected chi connectivity index (χ2v) is 4.90. The molecule has 2 aromatic rings. The Bertz CT molecular complexity index is 599. The van der Waals surface area contributed by atoms with Crippen LogP contribution < -0.4 is 10.6 Å². The average molecular weight is 320 g/mol. The quantitative estimate of drug-likeness (QED) is 0.860. The van der Waals surface area contributed by atoms with E-state index >= 15 is 0 Å². The minimum absolute atomic E-state index is 0.0568. The molecule has 0 aliphatic carbocycles. The first-order chi connectivity index (χ1) is 9.91. The lowest BCUT2D eigenvalue weighted by molar-refractivity contribution is -0.144. The Morgan fingerprint density at radius 3 is 2.62 bits per heavy atom. The third-order valence-electron chi connectivity index (χ3n) is 2.61. The van der Waals surface area contributed by atoms with E-state index in [0.29, 0.717) is 36.7 Å². The summed E-state index contributed by atoms with van der Waals surface area (Å²) < 4.78 is 54.3. The molecule has 4 nitrogen and oxygen atoms in total. The van der Waals surface area contributed by atoms with Gasteiger partial charge in [-0.15, -0.1) is 0 Å². The van der Waals surface area contributed by atoms with E-state index in [1.807, 2.05) is 0 Å². The van der Waals surface area contributed by atoms with Gasteiger partial charge < -0.3 is 10.6 Å². The molecule has 2 rings (SSSR count). The molecular weight excluding hydrogens is 308 g/mol. The maximum Gasteiger partial charge on any atom is 0.452 e. The molecule has 21 heavy (non-hydrogen) atoms. The molecular formula is C12H12F4N4S. The fraction of sp³-hybridized carbons (Fsp3) is 0.333. The first kappa shape index (κ1) is 15.6. The Kier molecular flexibility index (Phi) is 4.73. The summed E-state index contributed by atoms with van der Waals surface area (Å²) in [4.78, 5) is 4.96. The van der Waals surface area contributed by atoms with Crippen molar-refractivity contribution in [2.45, 2.75) is 12.6 Å². The van der Waals surface area contributed by atoms with Gasteiger partial charge in [0.15, 0.2) is 0 Å². The van der Waals surface area contributed by atoms with Gasteiger partial charge >= 0.3 is 6.18 Å². The zero-order chi connectivity index (χ0) is 15.5. The summed E-state index contributed by atoms with van der Waals surface area (Å²) in [5, 5.41) is 0.0568. The molecule has 2 N–H and O–H groups in total. The van der Waals surface area contributed by atoms with Crippen LogP contribution in [0.5, 0.6) is 0 Å². The molecule has 0 bridgehead atoms. The molecule has 0 saturated heterocycles. The van der Waals surface area contributed by atoms with Crippen LogP contribution in [0.3, 0.4) is 0 Å². The van der Waals surface area contributed by atoms with Gasteiger partial charge in [-0.3, -0.25) is 0 Å². The van der Waals surface area contributed by atoms with Crippen LogP contribution >= 0.6 is 11.5 Å². The summed E-state index contributed by atoms with van der Waals surface area (Å²) in [5.74, 6) is -1.68. The second kappa shape index (κ2) is 6.35. The molecule has 1 heterocycles. The van der Waals surface area contributed by atoms with Crippen LogP contribution in [0.15, 0.2) is 24.3 Å². The maximum absolute atomic E-state index is 13.3. The lowest BCUT2D eigenvalue weighted by Crippen LogP contribution is -2.21. The van der Waals surface area contributed by atoms with E-state index in [4.69, 9.17) is 5.73 Å². The number of rotatable bonds is 5. The lowest BCUT2D eigenvalue weighted by atomic mass is 10.2. The number of hydrogen-bond acceptors (Lipinski definition) is 5. The van der Waals surface area contributed by atoms with Gasteiger partial charge in [-0.1, -0.05) is 6.07 Å². The summed E-state index contributed by atoms with van der Waals surface area (Å²) in [6, 6.07) is 5.55. The van der Waals surface area contributed by atoms with Crippen molar-refractivity contribution >= 4 is 22.4 Å². The topological polar surface area (TPSA) is 55.0 Å². The highest BCUT2D eigenvalue weighted by atomic mass is 32.1. The van der Waals surface area contributed by atoms with E-state index in [1.54, 1.807) is 6.07 Å². The van der Waals surface area contributed by atoms with Crippen LogP contribution in [0.25, 0.3) is 0 Å². The van der Waals surface area contributed by atoms with Crippen molar-refractivity contribution in [3.8, 4) is 0 Å². The Morgan fingerprint density at radius 1 is 1.29 bits per heavy atom. The third-order valence-corrected chi connectivity index (χ3v) is 3.34. The normalized spacial score (nSPS) is 11.7. The van der Waals surface area contributed by atoms with Crippen LogP contribution in [-0.4, -0.2) is 22.4 Å². The van der Waals surface area contributed by atoms with Gasteiger partial charge in [-0.25, -0.2) is 4.39 Å². The van der Waals surface area contributed by atoms with Crippen molar-refractivity contribution in [3.05, 3.63) is 35.9 Å². The Balaban J connectivity index is 2.34. The zero-order valence-corrected chi connectivity index (χ0v) is 11.6. The predicted molar refractivity (Wildman–Crippen MR) is 72.0 cm³/mol. The molecule has 114 valence electrons. The minimum atomic E-state index is -4.60. The van der Waals surface area contributed by atoms with E-state index in [1.165, 1.54) is 23.1 Å². The zero-order valence-electron chi connectivity index (χ0n) is 10.8. The number of halogens is 4. The Hall–Kier alpha value is -1.74. The Morgan fingerprint density at radius 2 is 2.05 bits per heavy atom. The van der Waals surface area contributed by atoms with E-state index in [2.05, 4.69) is 9.36 Å². The van der Waals surface area contributed by atoms with Gasteiger partial charge in [0.2, 0.25) is 11.0 Å². The van der Waals surface area contributed by atoms with E-state index in [9.17, 15) is 17.6 Å². The SMILES string of the molecule is NCCCN(c1cccc(F)c1)c1nc(C(F)(F)F)ns1. The molecule has 0 amide bonds. The van der Waals surface area contributed by atoms with Crippen molar-refractivity contribution in [1.29, 1.82) is 0 Å². The van der Waals surface area contributed by atoms with Crippen molar-refractivity contribution in [3.63, 3.8) is 0 Å². The lowest BCUT2D eigenvalue weighted by Gasteiger charge is -2.21. The highest BCUT2D eigenvalue weighted by molar-refractivity contribution is 7.09. The van der Waals surface area contributed by atoms with Crippen LogP contribution in [0.4, 0.5) is 28.4 Å². The number of benzene rings is 1. The second-order valence-electron chi connectivity index (χ2n) is 4.17. The van der Waals surface area contributed by atoms with Gasteiger partial charge in [-0.2, -0.15) is 22.5 Å². The molecule has 0 aliphatic heterocycles. The number of nitrogens with two attached hydrogens (primary N) is 1. The largest absolute Gasteiger partial charge is 0.452 e. The number of alkyl halides is 3. The van der Waals surface area contributed by atoms with Crippen LogP contribution in [0, 0.1) is 5.82 Å². The molecule has 0 atom stereocenters. The molecule has 0 unspecified atom stereocenters. The summed E-state index contributed by atoms with van der Waals surface area (Å²) in [5.41, 5.74) is 5.83. The molecule has 0 saturated carbocycles. The first-order valence-electron chi connectivity index (χ1n) is 6.06. The molecule has 0 radical (unpaired) electrons. The number of nitrogens with zero attached hydrogens (tertiary/aromatic N) is 3. The summed E-state index contributed by atoms with van der Waals surface area (Å²) in [6.45, 7) is 0.684. The maximum atomic E-state index is 13.3. The van der Waals surface area contributed by atoms with Gasteiger partial charge in [0.05, 0.1) is 0 Å². The van der Waals surface area contributed by atoms with Crippen LogP contribution in [0.1, 0.15) is 12.2 Å². The first-order valence-corrected chi connectivity index (χ1v) is 6.83. The van der Waals surface area contributed by atoms with Gasteiger partial charge in [0.25, 0.3) is 0 Å². The minimum Gasteiger partial charge on any atom is -0.330 e. The van der Waals surface area contributed by atoms with Crippen molar-refractivity contribution < 1.29 is 17.6 Å². The fourth-order valence-corrected chi connectivity index (χ4v) is 2.40. The predicted octanol–water partition coefficient (Wildman–Crippen LogP) is 3.18. The van der Waals surface area contributed by atoms with Gasteiger partial charge in [-0.05, 0) is 31.2 Å². The summed E-state index contributed by atoms with van der Waals surface area (Å²) >= 11 is 0.617. The van der Waals surface area contributed by atoms with Crippen LogP contribution in [-0.2, 0) is 6.18 Å². The van der Waals surface area contributed by atoms with Crippen LogP contribution in [0.2, 0.25) is 0 Å². The standard InChI is InChI=1S/C12H12F4N4S/c13-8-3-1-4-9(7-8)20(6-2-5-17)11-18-10(19-21-11)12(14,15)16/h1,3-4,7H,2,5-6,17H2. The molecule has 0 fully saturated rings. The molecule has 0 spiro atoms. The van der Waals surface area contributed by atoms with Crippen molar-refractivity contribution in [2.24, 2.45) is 5.73 Å². The average Bonchev–Trinajstić information content (AvgIpc) is 2.89. The smallest absolute Gasteiger partial charge is 0.330 e. The molecule has 1 aromatic carbocycles.